The Balaban J connectivity index is 2.46. The van der Waals surface area contributed by atoms with Crippen molar-refractivity contribution in [3.8, 4) is 0 Å². The molecule has 0 radical (unpaired) electrons. The number of hydrogen-bond donors (Lipinski definition) is 1. The van der Waals surface area contributed by atoms with Crippen molar-refractivity contribution in [1.29, 1.82) is 0 Å². The highest BCUT2D eigenvalue weighted by Crippen LogP contribution is 2.02. The Bertz CT molecular complexity index is 320. The molecule has 15 heavy (non-hydrogen) atoms. The zero-order chi connectivity index (χ0) is 10.9. The number of hydrogen-bond acceptors (Lipinski definition) is 1. The Labute approximate surface area is 91.8 Å². The Kier molecular flexibility index (Phi) is 5.54. The van der Waals surface area contributed by atoms with Crippen molar-refractivity contribution in [1.82, 2.24) is 0 Å². The summed E-state index contributed by atoms with van der Waals surface area (Å²) in [6.07, 6.45) is 6.26. The molecular weight excluding hydrogens is 184 g/mol. The van der Waals surface area contributed by atoms with E-state index >= 15 is 0 Å². The van der Waals surface area contributed by atoms with Crippen LogP contribution in [0.15, 0.2) is 42.1 Å². The Morgan fingerprint density at radius 1 is 1.33 bits per heavy atom. The molecule has 0 aliphatic heterocycles. The molecule has 80 valence electrons. The van der Waals surface area contributed by atoms with Crippen LogP contribution in [-0.2, 0) is 0 Å². The van der Waals surface area contributed by atoms with Crippen LogP contribution in [0.4, 0.5) is 0 Å². The summed E-state index contributed by atoms with van der Waals surface area (Å²) in [5.74, 6) is 0. The average molecular weight is 202 g/mol. The van der Waals surface area contributed by atoms with Crippen molar-refractivity contribution in [2.75, 3.05) is 0 Å². The van der Waals surface area contributed by atoms with E-state index in [-0.39, 0.29) is 6.10 Å². The molecule has 1 rings (SSSR count). The van der Waals surface area contributed by atoms with E-state index in [1.165, 1.54) is 0 Å². The minimum atomic E-state index is -0.357. The third kappa shape index (κ3) is 5.21. The van der Waals surface area contributed by atoms with Crippen molar-refractivity contribution in [3.63, 3.8) is 0 Å². The summed E-state index contributed by atoms with van der Waals surface area (Å²) < 4.78 is 0. The molecule has 1 atom stereocenters. The highest BCUT2D eigenvalue weighted by atomic mass is 16.3. The molecule has 0 aliphatic carbocycles. The Morgan fingerprint density at radius 3 is 2.73 bits per heavy atom. The standard InChI is InChI=1S/C14H18O/c1-2-3-11-14(15)12-7-10-13-8-5-4-6-9-13/h4-6,8-10,12,14-15H,2-3,11H2,1H3. The molecule has 1 aromatic rings. The second kappa shape index (κ2) is 7.05. The number of rotatable bonds is 5. The molecule has 0 fully saturated rings. The van der Waals surface area contributed by atoms with E-state index in [0.29, 0.717) is 0 Å². The van der Waals surface area contributed by atoms with Gasteiger partial charge in [-0.2, -0.15) is 0 Å². The number of benzene rings is 1. The van der Waals surface area contributed by atoms with Gasteiger partial charge in [-0.15, -0.1) is 5.73 Å². The maximum atomic E-state index is 9.52. The fraction of sp³-hybridized carbons (Fsp3) is 0.357. The lowest BCUT2D eigenvalue weighted by Crippen LogP contribution is -1.99. The van der Waals surface area contributed by atoms with Gasteiger partial charge in [-0.1, -0.05) is 50.1 Å². The lowest BCUT2D eigenvalue weighted by atomic mass is 10.1. The van der Waals surface area contributed by atoms with Gasteiger partial charge in [-0.3, -0.25) is 0 Å². The van der Waals surface area contributed by atoms with E-state index in [1.54, 1.807) is 6.08 Å². The Morgan fingerprint density at radius 2 is 2.07 bits per heavy atom. The van der Waals surface area contributed by atoms with E-state index in [1.807, 2.05) is 36.4 Å². The minimum Gasteiger partial charge on any atom is -0.388 e. The monoisotopic (exact) mass is 202 g/mol. The van der Waals surface area contributed by atoms with E-state index in [9.17, 15) is 5.11 Å². The maximum Gasteiger partial charge on any atom is 0.0794 e. The highest BCUT2D eigenvalue weighted by Gasteiger charge is 1.95. The van der Waals surface area contributed by atoms with Gasteiger partial charge >= 0.3 is 0 Å². The first-order valence-corrected chi connectivity index (χ1v) is 5.48. The van der Waals surface area contributed by atoms with Crippen molar-refractivity contribution < 1.29 is 5.11 Å². The van der Waals surface area contributed by atoms with Crippen LogP contribution in [0.25, 0.3) is 6.08 Å². The first kappa shape index (κ1) is 11.8. The molecule has 1 aromatic carbocycles. The minimum absolute atomic E-state index is 0.357. The van der Waals surface area contributed by atoms with Crippen LogP contribution in [0.5, 0.6) is 0 Å². The lowest BCUT2D eigenvalue weighted by molar-refractivity contribution is 0.209. The number of aliphatic hydroxyl groups excluding tert-OH is 1. The van der Waals surface area contributed by atoms with Gasteiger partial charge in [0.15, 0.2) is 0 Å². The van der Waals surface area contributed by atoms with Gasteiger partial charge < -0.3 is 5.11 Å². The number of aliphatic hydroxyl groups is 1. The summed E-state index contributed by atoms with van der Waals surface area (Å²) in [6.45, 7) is 2.12. The van der Waals surface area contributed by atoms with Gasteiger partial charge in [0, 0.05) is 0 Å². The third-order valence-electron chi connectivity index (χ3n) is 2.19. The van der Waals surface area contributed by atoms with Gasteiger partial charge in [0.1, 0.15) is 0 Å². The highest BCUT2D eigenvalue weighted by molar-refractivity contribution is 5.48. The van der Waals surface area contributed by atoms with Crippen molar-refractivity contribution in [3.05, 3.63) is 47.7 Å². The van der Waals surface area contributed by atoms with E-state index in [2.05, 4.69) is 12.7 Å². The summed E-state index contributed by atoms with van der Waals surface area (Å²) >= 11 is 0. The molecule has 0 aromatic heterocycles. The smallest absolute Gasteiger partial charge is 0.0794 e. The lowest BCUT2D eigenvalue weighted by Gasteiger charge is -2.00. The average Bonchev–Trinajstić information content (AvgIpc) is 2.28. The van der Waals surface area contributed by atoms with Crippen molar-refractivity contribution in [2.24, 2.45) is 0 Å². The van der Waals surface area contributed by atoms with Gasteiger partial charge in [0.25, 0.3) is 0 Å². The van der Waals surface area contributed by atoms with Crippen LogP contribution in [0.1, 0.15) is 31.7 Å². The van der Waals surface area contributed by atoms with Crippen LogP contribution >= 0.6 is 0 Å². The predicted octanol–water partition coefficient (Wildman–Crippen LogP) is 3.41. The molecule has 1 N–H and O–H groups in total. The normalized spacial score (nSPS) is 11.6. The summed E-state index contributed by atoms with van der Waals surface area (Å²) in [4.78, 5) is 0. The van der Waals surface area contributed by atoms with Gasteiger partial charge in [0.05, 0.1) is 6.10 Å². The van der Waals surface area contributed by atoms with Crippen molar-refractivity contribution in [2.45, 2.75) is 32.3 Å². The molecule has 0 spiro atoms. The molecule has 1 heteroatoms. The summed E-state index contributed by atoms with van der Waals surface area (Å²) in [5.41, 5.74) is 4.12. The van der Waals surface area contributed by atoms with Gasteiger partial charge in [-0.05, 0) is 24.1 Å². The zero-order valence-electron chi connectivity index (χ0n) is 9.19. The SMILES string of the molecule is CCCCC(O)C=C=Cc1ccccc1. The van der Waals surface area contributed by atoms with Crippen LogP contribution in [0, 0.1) is 0 Å². The van der Waals surface area contributed by atoms with Crippen LogP contribution in [-0.4, -0.2) is 11.2 Å². The molecule has 0 saturated heterocycles. The molecule has 0 heterocycles. The fourth-order valence-corrected chi connectivity index (χ4v) is 1.30. The molecule has 1 nitrogen and oxygen atoms in total. The van der Waals surface area contributed by atoms with Gasteiger partial charge in [0.2, 0.25) is 0 Å². The summed E-state index contributed by atoms with van der Waals surface area (Å²) in [6, 6.07) is 9.98. The van der Waals surface area contributed by atoms with E-state index in [4.69, 9.17) is 0 Å². The van der Waals surface area contributed by atoms with Crippen molar-refractivity contribution >= 4 is 6.08 Å². The van der Waals surface area contributed by atoms with E-state index in [0.717, 1.165) is 24.8 Å². The van der Waals surface area contributed by atoms with Crippen LogP contribution in [0.3, 0.4) is 0 Å². The second-order valence-electron chi connectivity index (χ2n) is 3.60. The third-order valence-corrected chi connectivity index (χ3v) is 2.19. The molecule has 0 saturated carbocycles. The molecule has 1 unspecified atom stereocenters. The van der Waals surface area contributed by atoms with E-state index < -0.39 is 0 Å². The summed E-state index contributed by atoms with van der Waals surface area (Å²) in [5, 5.41) is 9.52. The molecular formula is C14H18O. The van der Waals surface area contributed by atoms with Gasteiger partial charge in [-0.25, -0.2) is 0 Å². The quantitative estimate of drug-likeness (QED) is 0.725. The second-order valence-corrected chi connectivity index (χ2v) is 3.60. The molecule has 0 amide bonds. The first-order valence-electron chi connectivity index (χ1n) is 5.48. The largest absolute Gasteiger partial charge is 0.388 e. The summed E-state index contributed by atoms with van der Waals surface area (Å²) in [7, 11) is 0. The topological polar surface area (TPSA) is 20.2 Å². The van der Waals surface area contributed by atoms with Crippen LogP contribution in [0.2, 0.25) is 0 Å². The zero-order valence-corrected chi connectivity index (χ0v) is 9.19. The maximum absolute atomic E-state index is 9.52. The fourth-order valence-electron chi connectivity index (χ4n) is 1.30. The first-order chi connectivity index (χ1) is 7.33. The van der Waals surface area contributed by atoms with Crippen LogP contribution < -0.4 is 0 Å². The number of unbranched alkanes of at least 4 members (excludes halogenated alkanes) is 1. The Hall–Kier alpha value is -1.30. The molecule has 0 bridgehead atoms. The molecule has 0 aliphatic rings. The predicted molar refractivity (Wildman–Crippen MR) is 64.5 cm³/mol.